The summed E-state index contributed by atoms with van der Waals surface area (Å²) in [5.74, 6) is -3.61. The smallest absolute Gasteiger partial charge is 0.341 e. The highest BCUT2D eigenvalue weighted by Gasteiger charge is 2.25. The number of hydrogen-bond acceptors (Lipinski definition) is 7. The fraction of sp³-hybridized carbons (Fsp3) is 0.261. The number of hydrogen-bond donors (Lipinski definition) is 3. The van der Waals surface area contributed by atoms with Crippen LogP contribution in [0.2, 0.25) is 0 Å². The molecule has 0 amide bonds. The van der Waals surface area contributed by atoms with Crippen molar-refractivity contribution in [2.75, 3.05) is 23.7 Å². The van der Waals surface area contributed by atoms with Crippen LogP contribution in [0.5, 0.6) is 0 Å². The van der Waals surface area contributed by atoms with Crippen molar-refractivity contribution in [3.8, 4) is 5.69 Å². The van der Waals surface area contributed by atoms with E-state index in [2.05, 4.69) is 0 Å². The molecule has 1 atom stereocenters. The van der Waals surface area contributed by atoms with Crippen molar-refractivity contribution in [3.05, 3.63) is 63.4 Å². The Hall–Kier alpha value is -3.99. The SMILES string of the molecule is CC(=O)OCc1cc(F)c(N)cc1-n1cc(C(=O)O)c(=O)c2cc(F)c(N3CC[C@H](N)C3)cc21. The van der Waals surface area contributed by atoms with E-state index in [0.717, 1.165) is 18.3 Å². The Balaban J connectivity index is 2.04. The third-order valence-electron chi connectivity index (χ3n) is 5.76. The maximum atomic E-state index is 15.0. The number of pyridine rings is 1. The average Bonchev–Trinajstić information content (AvgIpc) is 3.20. The van der Waals surface area contributed by atoms with E-state index >= 15 is 4.39 Å². The number of halogens is 2. The predicted molar refractivity (Wildman–Crippen MR) is 121 cm³/mol. The summed E-state index contributed by atoms with van der Waals surface area (Å²) in [6.07, 6.45) is 1.72. The van der Waals surface area contributed by atoms with Gasteiger partial charge >= 0.3 is 11.9 Å². The molecule has 1 aromatic heterocycles. The fourth-order valence-electron chi connectivity index (χ4n) is 4.07. The molecule has 0 bridgehead atoms. The summed E-state index contributed by atoms with van der Waals surface area (Å²) in [4.78, 5) is 37.7. The summed E-state index contributed by atoms with van der Waals surface area (Å²) in [6, 6.07) is 4.56. The average molecular weight is 472 g/mol. The molecule has 5 N–H and O–H groups in total. The summed E-state index contributed by atoms with van der Waals surface area (Å²) >= 11 is 0. The number of anilines is 2. The van der Waals surface area contributed by atoms with E-state index in [0.29, 0.717) is 19.5 Å². The van der Waals surface area contributed by atoms with Gasteiger partial charge in [-0.1, -0.05) is 0 Å². The molecule has 9 nitrogen and oxygen atoms in total. The number of benzene rings is 2. The number of fused-ring (bicyclic) bond motifs is 1. The highest BCUT2D eigenvalue weighted by molar-refractivity contribution is 5.94. The van der Waals surface area contributed by atoms with Crippen molar-refractivity contribution < 1.29 is 28.2 Å². The van der Waals surface area contributed by atoms with Crippen molar-refractivity contribution in [1.29, 1.82) is 0 Å². The van der Waals surface area contributed by atoms with Crippen LogP contribution in [0.3, 0.4) is 0 Å². The van der Waals surface area contributed by atoms with Gasteiger partial charge in [-0.2, -0.15) is 0 Å². The van der Waals surface area contributed by atoms with Crippen LogP contribution in [0.1, 0.15) is 29.3 Å². The van der Waals surface area contributed by atoms with Gasteiger partial charge in [0.15, 0.2) is 0 Å². The van der Waals surface area contributed by atoms with E-state index in [-0.39, 0.29) is 46.2 Å². The molecule has 2 aromatic carbocycles. The molecular formula is C23H22F2N4O5. The summed E-state index contributed by atoms with van der Waals surface area (Å²) < 4.78 is 35.6. The minimum Gasteiger partial charge on any atom is -0.477 e. The minimum atomic E-state index is -1.52. The number of aromatic nitrogens is 1. The number of rotatable bonds is 5. The zero-order valence-corrected chi connectivity index (χ0v) is 18.2. The third-order valence-corrected chi connectivity index (χ3v) is 5.76. The maximum Gasteiger partial charge on any atom is 0.341 e. The molecule has 1 aliphatic heterocycles. The molecule has 0 aliphatic carbocycles. The standard InChI is InChI=1S/C23H22F2N4O5/c1-11(30)34-10-12-4-16(24)18(27)6-19(12)29-9-15(23(32)33)22(31)14-5-17(25)21(7-20(14)29)28-3-2-13(26)8-28/h4-7,9,13H,2-3,8,10,26-27H2,1H3,(H,32,33)/t13-/m0/s1. The summed E-state index contributed by atoms with van der Waals surface area (Å²) in [5, 5.41) is 9.39. The normalized spacial score (nSPS) is 15.6. The second-order valence-electron chi connectivity index (χ2n) is 8.15. The number of carboxylic acid groups (broad SMARTS) is 1. The number of nitrogens with two attached hydrogens (primary N) is 2. The predicted octanol–water partition coefficient (Wildman–Crippen LogP) is 2.15. The third kappa shape index (κ3) is 4.17. The van der Waals surface area contributed by atoms with Crippen LogP contribution in [0.4, 0.5) is 20.2 Å². The lowest BCUT2D eigenvalue weighted by atomic mass is 10.1. The Bertz CT molecular complexity index is 1390. The highest BCUT2D eigenvalue weighted by Crippen LogP contribution is 2.31. The number of nitrogens with zero attached hydrogens (tertiary/aromatic N) is 2. The van der Waals surface area contributed by atoms with Crippen LogP contribution < -0.4 is 21.8 Å². The molecule has 3 aromatic rings. The minimum absolute atomic E-state index is 0.140. The van der Waals surface area contributed by atoms with Crippen LogP contribution in [0.15, 0.2) is 35.3 Å². The lowest BCUT2D eigenvalue weighted by Gasteiger charge is -2.22. The first-order chi connectivity index (χ1) is 16.1. The molecule has 34 heavy (non-hydrogen) atoms. The molecule has 0 radical (unpaired) electrons. The number of carbonyl (C=O) groups excluding carboxylic acids is 1. The molecule has 1 fully saturated rings. The molecule has 1 aliphatic rings. The molecule has 0 unspecified atom stereocenters. The lowest BCUT2D eigenvalue weighted by Crippen LogP contribution is -2.27. The zero-order chi connectivity index (χ0) is 24.7. The Labute approximate surface area is 192 Å². The number of carboxylic acids is 1. The first-order valence-electron chi connectivity index (χ1n) is 10.4. The van der Waals surface area contributed by atoms with E-state index < -0.39 is 34.6 Å². The van der Waals surface area contributed by atoms with Gasteiger partial charge in [0.05, 0.1) is 22.6 Å². The largest absolute Gasteiger partial charge is 0.477 e. The Morgan fingerprint density at radius 2 is 1.91 bits per heavy atom. The molecule has 0 saturated carbocycles. The van der Waals surface area contributed by atoms with E-state index in [4.69, 9.17) is 16.2 Å². The van der Waals surface area contributed by atoms with Crippen LogP contribution in [0, 0.1) is 11.6 Å². The molecule has 4 rings (SSSR count). The first-order valence-corrected chi connectivity index (χ1v) is 10.4. The van der Waals surface area contributed by atoms with Gasteiger partial charge in [-0.05, 0) is 30.7 Å². The zero-order valence-electron chi connectivity index (χ0n) is 18.2. The maximum absolute atomic E-state index is 15.0. The van der Waals surface area contributed by atoms with Crippen LogP contribution >= 0.6 is 0 Å². The van der Waals surface area contributed by atoms with Crippen molar-refractivity contribution >= 4 is 34.2 Å². The number of aromatic carboxylic acids is 1. The fourth-order valence-corrected chi connectivity index (χ4v) is 4.07. The lowest BCUT2D eigenvalue weighted by molar-refractivity contribution is -0.142. The van der Waals surface area contributed by atoms with Crippen LogP contribution in [-0.4, -0.2) is 40.7 Å². The molecule has 1 saturated heterocycles. The summed E-state index contributed by atoms with van der Waals surface area (Å²) in [7, 11) is 0. The van der Waals surface area contributed by atoms with Crippen molar-refractivity contribution in [2.45, 2.75) is 26.0 Å². The van der Waals surface area contributed by atoms with E-state index in [1.165, 1.54) is 23.6 Å². The van der Waals surface area contributed by atoms with Gasteiger partial charge in [-0.3, -0.25) is 9.59 Å². The van der Waals surface area contributed by atoms with E-state index in [1.54, 1.807) is 4.90 Å². The number of esters is 1. The summed E-state index contributed by atoms with van der Waals surface area (Å²) in [6.45, 7) is 1.75. The quantitative estimate of drug-likeness (QED) is 0.379. The Kier molecular flexibility index (Phi) is 5.96. The van der Waals surface area contributed by atoms with Gasteiger partial charge in [-0.15, -0.1) is 0 Å². The number of nitrogen functional groups attached to an aromatic ring is 1. The van der Waals surface area contributed by atoms with Crippen LogP contribution in [-0.2, 0) is 16.1 Å². The van der Waals surface area contributed by atoms with Gasteiger partial charge in [-0.25, -0.2) is 13.6 Å². The van der Waals surface area contributed by atoms with Gasteiger partial charge in [0.1, 0.15) is 23.8 Å². The topological polar surface area (TPSA) is 141 Å². The first kappa shape index (κ1) is 23.2. The monoisotopic (exact) mass is 472 g/mol. The van der Waals surface area contributed by atoms with Crippen molar-refractivity contribution in [3.63, 3.8) is 0 Å². The Morgan fingerprint density at radius 3 is 2.53 bits per heavy atom. The molecular weight excluding hydrogens is 450 g/mol. The van der Waals surface area contributed by atoms with Gasteiger partial charge in [0.2, 0.25) is 5.43 Å². The van der Waals surface area contributed by atoms with Gasteiger partial charge < -0.3 is 30.8 Å². The molecule has 178 valence electrons. The van der Waals surface area contributed by atoms with E-state index in [1.807, 2.05) is 0 Å². The van der Waals surface area contributed by atoms with Gasteiger partial charge in [0.25, 0.3) is 0 Å². The molecule has 2 heterocycles. The van der Waals surface area contributed by atoms with Crippen molar-refractivity contribution in [2.24, 2.45) is 5.73 Å². The van der Waals surface area contributed by atoms with Gasteiger partial charge in [0, 0.05) is 43.2 Å². The second kappa shape index (κ2) is 8.75. The summed E-state index contributed by atoms with van der Waals surface area (Å²) in [5.41, 5.74) is 10.7. The number of ether oxygens (including phenoxy) is 1. The van der Waals surface area contributed by atoms with Crippen molar-refractivity contribution in [1.82, 2.24) is 4.57 Å². The highest BCUT2D eigenvalue weighted by atomic mass is 19.1. The van der Waals surface area contributed by atoms with Crippen LogP contribution in [0.25, 0.3) is 16.6 Å². The van der Waals surface area contributed by atoms with E-state index in [9.17, 15) is 23.9 Å². The molecule has 0 spiro atoms. The second-order valence-corrected chi connectivity index (χ2v) is 8.15. The number of carbonyl (C=O) groups is 2. The molecule has 11 heteroatoms. The Morgan fingerprint density at radius 1 is 1.18 bits per heavy atom.